The molecule has 1 aliphatic heterocycles. The highest BCUT2D eigenvalue weighted by atomic mass is 32.2. The lowest BCUT2D eigenvalue weighted by molar-refractivity contribution is -0.128. The van der Waals surface area contributed by atoms with E-state index in [1.165, 1.54) is 23.8 Å². The topological polar surface area (TPSA) is 54.5 Å². The van der Waals surface area contributed by atoms with E-state index in [4.69, 9.17) is 0 Å². The fourth-order valence-corrected chi connectivity index (χ4v) is 5.18. The second-order valence-electron chi connectivity index (χ2n) is 7.80. The minimum absolute atomic E-state index is 0.00674. The summed E-state index contributed by atoms with van der Waals surface area (Å²) in [5.74, 6) is -0.0660. The fraction of sp³-hybridized carbons (Fsp3) is 0.348. The van der Waals surface area contributed by atoms with Crippen molar-refractivity contribution >= 4 is 21.8 Å². The molecule has 6 heteroatoms. The van der Waals surface area contributed by atoms with Gasteiger partial charge < -0.3 is 4.90 Å². The number of nitrogens with zero attached hydrogens (tertiary/aromatic N) is 1. The Morgan fingerprint density at radius 2 is 1.79 bits per heavy atom. The molecule has 0 bridgehead atoms. The number of rotatable bonds is 6. The van der Waals surface area contributed by atoms with E-state index in [9.17, 15) is 17.6 Å². The molecule has 1 fully saturated rings. The molecular weight excluding hydrogens is 389 g/mol. The second kappa shape index (κ2) is 8.91. The van der Waals surface area contributed by atoms with Crippen LogP contribution in [0, 0.1) is 5.82 Å². The summed E-state index contributed by atoms with van der Waals surface area (Å²) in [5, 5.41) is 0. The SMILES string of the molecule is CC(C)c1ccc(CN(C(=O)/C=C/c2ccc(F)cc2)[C@H]2CCS(=O)(=O)C2)cc1. The van der Waals surface area contributed by atoms with E-state index in [0.717, 1.165) is 5.56 Å². The van der Waals surface area contributed by atoms with E-state index in [2.05, 4.69) is 13.8 Å². The molecule has 4 nitrogen and oxygen atoms in total. The average Bonchev–Trinajstić information content (AvgIpc) is 3.05. The van der Waals surface area contributed by atoms with Gasteiger partial charge >= 0.3 is 0 Å². The summed E-state index contributed by atoms with van der Waals surface area (Å²) in [7, 11) is -3.12. The van der Waals surface area contributed by atoms with E-state index in [0.29, 0.717) is 24.4 Å². The largest absolute Gasteiger partial charge is 0.331 e. The molecule has 0 unspecified atom stereocenters. The molecule has 1 saturated heterocycles. The number of carbonyl (C=O) groups excluding carboxylic acids is 1. The lowest BCUT2D eigenvalue weighted by atomic mass is 10.0. The van der Waals surface area contributed by atoms with Gasteiger partial charge in [-0.2, -0.15) is 0 Å². The first-order valence-corrected chi connectivity index (χ1v) is 11.6. The van der Waals surface area contributed by atoms with Crippen LogP contribution in [0.25, 0.3) is 6.08 Å². The van der Waals surface area contributed by atoms with Crippen LogP contribution < -0.4 is 0 Å². The number of hydrogen-bond donors (Lipinski definition) is 0. The van der Waals surface area contributed by atoms with Gasteiger partial charge in [0.15, 0.2) is 9.84 Å². The maximum atomic E-state index is 13.1. The van der Waals surface area contributed by atoms with Crippen LogP contribution in [0.5, 0.6) is 0 Å². The van der Waals surface area contributed by atoms with Gasteiger partial charge in [-0.1, -0.05) is 50.2 Å². The minimum Gasteiger partial charge on any atom is -0.331 e. The van der Waals surface area contributed by atoms with Crippen molar-refractivity contribution in [3.05, 3.63) is 77.1 Å². The Balaban J connectivity index is 1.80. The lowest BCUT2D eigenvalue weighted by Crippen LogP contribution is -2.39. The van der Waals surface area contributed by atoms with Crippen molar-refractivity contribution < 1.29 is 17.6 Å². The number of halogens is 1. The molecule has 0 saturated carbocycles. The van der Waals surface area contributed by atoms with Crippen molar-refractivity contribution in [3.8, 4) is 0 Å². The molecule has 0 N–H and O–H groups in total. The Morgan fingerprint density at radius 3 is 2.34 bits per heavy atom. The average molecular weight is 416 g/mol. The zero-order valence-electron chi connectivity index (χ0n) is 16.7. The third-order valence-electron chi connectivity index (χ3n) is 5.22. The molecule has 1 aliphatic rings. The molecule has 2 aromatic carbocycles. The summed E-state index contributed by atoms with van der Waals surface area (Å²) >= 11 is 0. The highest BCUT2D eigenvalue weighted by molar-refractivity contribution is 7.91. The lowest BCUT2D eigenvalue weighted by Gasteiger charge is -2.27. The summed E-state index contributed by atoms with van der Waals surface area (Å²) in [5.41, 5.74) is 2.88. The van der Waals surface area contributed by atoms with Crippen molar-refractivity contribution in [2.24, 2.45) is 0 Å². The first-order valence-electron chi connectivity index (χ1n) is 9.77. The Morgan fingerprint density at radius 1 is 1.14 bits per heavy atom. The van der Waals surface area contributed by atoms with Gasteiger partial charge in [-0.05, 0) is 47.2 Å². The predicted octanol–water partition coefficient (Wildman–Crippen LogP) is 4.18. The third-order valence-corrected chi connectivity index (χ3v) is 6.97. The number of sulfone groups is 1. The number of benzene rings is 2. The van der Waals surface area contributed by atoms with E-state index >= 15 is 0 Å². The minimum atomic E-state index is -3.12. The Kier molecular flexibility index (Phi) is 6.52. The van der Waals surface area contributed by atoms with Gasteiger partial charge in [0.1, 0.15) is 5.82 Å². The second-order valence-corrected chi connectivity index (χ2v) is 10.0. The zero-order valence-corrected chi connectivity index (χ0v) is 17.5. The van der Waals surface area contributed by atoms with E-state index in [-0.39, 0.29) is 29.3 Å². The molecule has 0 aromatic heterocycles. The molecule has 29 heavy (non-hydrogen) atoms. The summed E-state index contributed by atoms with van der Waals surface area (Å²) < 4.78 is 37.0. The number of carbonyl (C=O) groups is 1. The first kappa shape index (κ1) is 21.2. The van der Waals surface area contributed by atoms with Crippen molar-refractivity contribution in [2.45, 2.75) is 38.8 Å². The molecule has 3 rings (SSSR count). The van der Waals surface area contributed by atoms with Gasteiger partial charge in [-0.15, -0.1) is 0 Å². The Hall–Kier alpha value is -2.47. The quantitative estimate of drug-likeness (QED) is 0.665. The monoisotopic (exact) mass is 415 g/mol. The van der Waals surface area contributed by atoms with Crippen molar-refractivity contribution in [3.63, 3.8) is 0 Å². The van der Waals surface area contributed by atoms with Gasteiger partial charge in [0.2, 0.25) is 5.91 Å². The molecule has 154 valence electrons. The molecular formula is C23H26FNO3S. The normalized spacial score (nSPS) is 18.4. The highest BCUT2D eigenvalue weighted by Gasteiger charge is 2.34. The van der Waals surface area contributed by atoms with Gasteiger partial charge in [-0.25, -0.2) is 12.8 Å². The van der Waals surface area contributed by atoms with Crippen LogP contribution in [-0.4, -0.2) is 36.8 Å². The molecule has 1 heterocycles. The van der Waals surface area contributed by atoms with Crippen molar-refractivity contribution in [2.75, 3.05) is 11.5 Å². The smallest absolute Gasteiger partial charge is 0.247 e. The fourth-order valence-electron chi connectivity index (χ4n) is 3.45. The van der Waals surface area contributed by atoms with Gasteiger partial charge in [0.25, 0.3) is 0 Å². The van der Waals surface area contributed by atoms with Crippen LogP contribution >= 0.6 is 0 Å². The van der Waals surface area contributed by atoms with Crippen LogP contribution in [-0.2, 0) is 21.2 Å². The maximum absolute atomic E-state index is 13.1. The zero-order chi connectivity index (χ0) is 21.0. The van der Waals surface area contributed by atoms with Crippen LogP contribution in [0.1, 0.15) is 42.9 Å². The summed E-state index contributed by atoms with van der Waals surface area (Å²) in [6, 6.07) is 13.6. The molecule has 1 atom stereocenters. The van der Waals surface area contributed by atoms with E-state index in [1.807, 2.05) is 24.3 Å². The van der Waals surface area contributed by atoms with E-state index < -0.39 is 9.84 Å². The maximum Gasteiger partial charge on any atom is 0.247 e. The van der Waals surface area contributed by atoms with Gasteiger partial charge in [0.05, 0.1) is 11.5 Å². The molecule has 0 spiro atoms. The highest BCUT2D eigenvalue weighted by Crippen LogP contribution is 2.22. The summed E-state index contributed by atoms with van der Waals surface area (Å²) in [6.07, 6.45) is 3.50. The van der Waals surface area contributed by atoms with Crippen molar-refractivity contribution in [1.82, 2.24) is 4.90 Å². The van der Waals surface area contributed by atoms with Crippen LogP contribution in [0.4, 0.5) is 4.39 Å². The van der Waals surface area contributed by atoms with Gasteiger partial charge in [-0.3, -0.25) is 4.79 Å². The molecule has 1 amide bonds. The first-order chi connectivity index (χ1) is 13.7. The van der Waals surface area contributed by atoms with Crippen LogP contribution in [0.3, 0.4) is 0 Å². The standard InChI is InChI=1S/C23H26FNO3S/c1-17(2)20-8-3-19(4-9-20)15-25(22-13-14-29(27,28)16-22)23(26)12-7-18-5-10-21(24)11-6-18/h3-12,17,22H,13-16H2,1-2H3/b12-7+/t22-/m0/s1. The Labute approximate surface area is 172 Å². The van der Waals surface area contributed by atoms with Crippen molar-refractivity contribution in [1.29, 1.82) is 0 Å². The molecule has 0 aliphatic carbocycles. The number of amides is 1. The van der Waals surface area contributed by atoms with Crippen LogP contribution in [0.2, 0.25) is 0 Å². The van der Waals surface area contributed by atoms with Crippen LogP contribution in [0.15, 0.2) is 54.6 Å². The predicted molar refractivity (Wildman–Crippen MR) is 114 cm³/mol. The summed E-state index contributed by atoms with van der Waals surface area (Å²) in [4.78, 5) is 14.6. The Bertz CT molecular complexity index is 980. The molecule has 0 radical (unpaired) electrons. The third kappa shape index (κ3) is 5.76. The molecule has 2 aromatic rings. The van der Waals surface area contributed by atoms with Gasteiger partial charge in [0, 0.05) is 18.7 Å². The number of hydrogen-bond acceptors (Lipinski definition) is 3. The van der Waals surface area contributed by atoms with E-state index in [1.54, 1.807) is 23.1 Å². The summed E-state index contributed by atoms with van der Waals surface area (Å²) in [6.45, 7) is 4.59.